The lowest BCUT2D eigenvalue weighted by Gasteiger charge is -2.15. The molecule has 4 aromatic rings. The number of aromatic nitrogens is 5. The normalized spacial score (nSPS) is 11.7. The van der Waals surface area contributed by atoms with Crippen molar-refractivity contribution in [1.29, 1.82) is 0 Å². The average molecular weight is 463 g/mol. The van der Waals surface area contributed by atoms with Gasteiger partial charge in [-0.05, 0) is 18.2 Å². The topological polar surface area (TPSA) is 138 Å². The van der Waals surface area contributed by atoms with Gasteiger partial charge < -0.3 is 25.4 Å². The maximum atomic E-state index is 9.16. The van der Waals surface area contributed by atoms with Crippen LogP contribution in [0.15, 0.2) is 43.0 Å². The van der Waals surface area contributed by atoms with Crippen LogP contribution >= 0.6 is 23.2 Å². The fraction of sp³-hybridized carbons (Fsp3) is 0.158. The number of hydrogen-bond acceptors (Lipinski definition) is 9. The van der Waals surface area contributed by atoms with Crippen LogP contribution in [0.4, 0.5) is 5.82 Å². The highest BCUT2D eigenvalue weighted by Gasteiger charge is 2.23. The molecule has 10 nitrogen and oxygen atoms in total. The highest BCUT2D eigenvalue weighted by Crippen LogP contribution is 2.40. The van der Waals surface area contributed by atoms with Crippen LogP contribution in [0.1, 0.15) is 5.82 Å². The number of benzene rings is 2. The first kappa shape index (κ1) is 21.2. The summed E-state index contributed by atoms with van der Waals surface area (Å²) in [6, 6.07) is 8.86. The number of anilines is 1. The molecule has 2 aromatic carbocycles. The molecule has 0 bridgehead atoms. The van der Waals surface area contributed by atoms with Gasteiger partial charge in [0.05, 0.1) is 20.9 Å². The third-order valence-electron chi connectivity index (χ3n) is 4.43. The van der Waals surface area contributed by atoms with Crippen molar-refractivity contribution >= 4 is 39.9 Å². The number of nitrogens with zero attached hydrogens (tertiary/aromatic N) is 5. The summed E-state index contributed by atoms with van der Waals surface area (Å²) in [5.41, 5.74) is 2.03. The minimum absolute atomic E-state index is 0.111. The average Bonchev–Trinajstić information content (AvgIpc) is 3.23. The zero-order valence-electron chi connectivity index (χ0n) is 16.0. The van der Waals surface area contributed by atoms with Gasteiger partial charge in [0.15, 0.2) is 5.82 Å². The van der Waals surface area contributed by atoms with E-state index in [0.29, 0.717) is 42.8 Å². The van der Waals surface area contributed by atoms with E-state index in [-0.39, 0.29) is 12.4 Å². The Bertz CT molecular complexity index is 1260. The molecule has 0 amide bonds. The first-order chi connectivity index (χ1) is 14.8. The number of halogens is 2. The summed E-state index contributed by atoms with van der Waals surface area (Å²) in [5.74, 6) is 1.07. The molecule has 0 aliphatic carbocycles. The van der Waals surface area contributed by atoms with Gasteiger partial charge in [0.2, 0.25) is 0 Å². The minimum atomic E-state index is -3.15. The second-order valence-electron chi connectivity index (χ2n) is 6.40. The third kappa shape index (κ3) is 4.11. The van der Waals surface area contributed by atoms with Crippen molar-refractivity contribution in [2.75, 3.05) is 12.4 Å². The lowest BCUT2D eigenvalue weighted by atomic mass is 10.0. The Morgan fingerprint density at radius 1 is 1.06 bits per heavy atom. The van der Waals surface area contributed by atoms with Crippen LogP contribution in [0.25, 0.3) is 22.0 Å². The van der Waals surface area contributed by atoms with E-state index in [0.717, 1.165) is 11.9 Å². The molecule has 0 unspecified atom stereocenters. The molecule has 31 heavy (non-hydrogen) atoms. The SMILES string of the molecule is CNc1ncnc2c(-c3cccc(Cl)c3Cl)ccc(OCc3ncn(C(O)(O)O)n3)c12. The first-order valence-corrected chi connectivity index (χ1v) is 9.66. The molecule has 0 saturated carbocycles. The number of hydrogen-bond donors (Lipinski definition) is 4. The van der Waals surface area contributed by atoms with Crippen molar-refractivity contribution in [1.82, 2.24) is 24.7 Å². The van der Waals surface area contributed by atoms with Crippen LogP contribution in [0.3, 0.4) is 0 Å². The Hall–Kier alpha value is -3.02. The van der Waals surface area contributed by atoms with E-state index in [4.69, 9.17) is 43.3 Å². The maximum Gasteiger partial charge on any atom is 0.390 e. The smallest absolute Gasteiger partial charge is 0.390 e. The summed E-state index contributed by atoms with van der Waals surface area (Å²) < 4.78 is 6.34. The number of rotatable bonds is 6. The minimum Gasteiger partial charge on any atom is -0.485 e. The van der Waals surface area contributed by atoms with E-state index < -0.39 is 6.10 Å². The number of nitrogens with one attached hydrogen (secondary N) is 1. The Morgan fingerprint density at radius 3 is 2.58 bits per heavy atom. The van der Waals surface area contributed by atoms with Crippen molar-refractivity contribution < 1.29 is 20.1 Å². The van der Waals surface area contributed by atoms with Gasteiger partial charge in [-0.25, -0.2) is 15.0 Å². The zero-order valence-corrected chi connectivity index (χ0v) is 17.5. The molecule has 0 saturated heterocycles. The molecule has 2 heterocycles. The highest BCUT2D eigenvalue weighted by atomic mass is 35.5. The largest absolute Gasteiger partial charge is 0.485 e. The second kappa shape index (κ2) is 8.25. The van der Waals surface area contributed by atoms with E-state index in [9.17, 15) is 0 Å². The van der Waals surface area contributed by atoms with Crippen LogP contribution in [-0.4, -0.2) is 47.1 Å². The predicted molar refractivity (Wildman–Crippen MR) is 114 cm³/mol. The summed E-state index contributed by atoms with van der Waals surface area (Å²) in [7, 11) is 1.72. The molecule has 4 rings (SSSR count). The zero-order chi connectivity index (χ0) is 22.2. The van der Waals surface area contributed by atoms with Crippen LogP contribution < -0.4 is 10.1 Å². The summed E-state index contributed by atoms with van der Waals surface area (Å²) in [6.45, 7) is -0.118. The number of aliphatic hydroxyl groups is 3. The van der Waals surface area contributed by atoms with Gasteiger partial charge in [-0.2, -0.15) is 4.68 Å². The Labute approximate surface area is 185 Å². The standard InChI is InChI=1S/C19H16Cl2N6O4/c1-22-18-15-13(31-7-14-25-9-27(26-14)19(28,29)30)6-5-11(17(15)23-8-24-18)10-3-2-4-12(20)16(10)21/h2-6,8-9,28-30H,7H2,1H3,(H,22,23,24). The van der Waals surface area contributed by atoms with Gasteiger partial charge in [0.25, 0.3) is 0 Å². The van der Waals surface area contributed by atoms with Crippen LogP contribution in [0.5, 0.6) is 5.75 Å². The molecule has 0 radical (unpaired) electrons. The van der Waals surface area contributed by atoms with E-state index in [1.807, 2.05) is 6.07 Å². The van der Waals surface area contributed by atoms with Crippen LogP contribution in [-0.2, 0) is 12.7 Å². The van der Waals surface area contributed by atoms with Crippen molar-refractivity contribution in [3.8, 4) is 16.9 Å². The fourth-order valence-corrected chi connectivity index (χ4v) is 3.44. The predicted octanol–water partition coefficient (Wildman–Crippen LogP) is 2.36. The molecule has 2 aromatic heterocycles. The molecule has 0 spiro atoms. The quantitative estimate of drug-likeness (QED) is 0.318. The third-order valence-corrected chi connectivity index (χ3v) is 5.25. The van der Waals surface area contributed by atoms with E-state index in [1.165, 1.54) is 6.33 Å². The lowest BCUT2D eigenvalue weighted by molar-refractivity contribution is -0.381. The number of fused-ring (bicyclic) bond motifs is 1. The number of ether oxygens (including phenoxy) is 1. The van der Waals surface area contributed by atoms with Crippen molar-refractivity contribution in [3.63, 3.8) is 0 Å². The molecule has 0 atom stereocenters. The van der Waals surface area contributed by atoms with Crippen molar-refractivity contribution in [3.05, 3.63) is 58.9 Å². The highest BCUT2D eigenvalue weighted by molar-refractivity contribution is 6.44. The molecule has 0 fully saturated rings. The fourth-order valence-electron chi connectivity index (χ4n) is 3.03. The first-order valence-electron chi connectivity index (χ1n) is 8.90. The van der Waals surface area contributed by atoms with Crippen molar-refractivity contribution in [2.45, 2.75) is 12.7 Å². The van der Waals surface area contributed by atoms with Crippen molar-refractivity contribution in [2.24, 2.45) is 0 Å². The Morgan fingerprint density at radius 2 is 1.87 bits per heavy atom. The molecular formula is C19H16Cl2N6O4. The lowest BCUT2D eigenvalue weighted by Crippen LogP contribution is -2.32. The Kier molecular flexibility index (Phi) is 5.65. The Balaban J connectivity index is 1.77. The van der Waals surface area contributed by atoms with Crippen LogP contribution in [0.2, 0.25) is 10.0 Å². The monoisotopic (exact) mass is 462 g/mol. The molecule has 0 aliphatic rings. The van der Waals surface area contributed by atoms with E-state index in [2.05, 4.69) is 25.4 Å². The second-order valence-corrected chi connectivity index (χ2v) is 7.19. The van der Waals surface area contributed by atoms with Gasteiger partial charge in [0, 0.05) is 18.2 Å². The maximum absolute atomic E-state index is 9.16. The summed E-state index contributed by atoms with van der Waals surface area (Å²) in [5, 5.41) is 35.7. The van der Waals surface area contributed by atoms with Gasteiger partial charge in [0.1, 0.15) is 30.8 Å². The van der Waals surface area contributed by atoms with Gasteiger partial charge in [-0.3, -0.25) is 0 Å². The van der Waals surface area contributed by atoms with Gasteiger partial charge >= 0.3 is 6.10 Å². The molecular weight excluding hydrogens is 447 g/mol. The summed E-state index contributed by atoms with van der Waals surface area (Å²) in [4.78, 5) is 12.6. The molecule has 0 aliphatic heterocycles. The molecule has 4 N–H and O–H groups in total. The van der Waals surface area contributed by atoms with E-state index in [1.54, 1.807) is 31.3 Å². The van der Waals surface area contributed by atoms with E-state index >= 15 is 0 Å². The summed E-state index contributed by atoms with van der Waals surface area (Å²) in [6.07, 6.45) is -0.765. The molecule has 160 valence electrons. The van der Waals surface area contributed by atoms with Gasteiger partial charge in [-0.1, -0.05) is 35.3 Å². The van der Waals surface area contributed by atoms with Crippen LogP contribution in [0, 0.1) is 0 Å². The van der Waals surface area contributed by atoms with Gasteiger partial charge in [-0.15, -0.1) is 5.10 Å². The summed E-state index contributed by atoms with van der Waals surface area (Å²) >= 11 is 12.6. The molecule has 12 heteroatoms.